The lowest BCUT2D eigenvalue weighted by Gasteiger charge is -2.28. The monoisotopic (exact) mass is 371 g/mol. The Hall–Kier alpha value is -2.00. The topological polar surface area (TPSA) is 38.3 Å². The van der Waals surface area contributed by atoms with Gasteiger partial charge in [-0.25, -0.2) is 0 Å². The van der Waals surface area contributed by atoms with Crippen molar-refractivity contribution in [3.05, 3.63) is 59.1 Å². The Labute approximate surface area is 160 Å². The number of hydrogen-bond acceptors (Lipinski definition) is 2. The number of nitrogens with one attached hydrogen (secondary N) is 1. The van der Waals surface area contributed by atoms with Gasteiger partial charge in [0.25, 0.3) is 0 Å². The highest BCUT2D eigenvalue weighted by atomic mass is 35.5. The SMILES string of the molecule is CCOc1ccc(C2CCC(CC(=O)Nc3ccc(Cl)cc3)CC2)cc1. The summed E-state index contributed by atoms with van der Waals surface area (Å²) >= 11 is 5.87. The number of hydrogen-bond donors (Lipinski definition) is 1. The maximum atomic E-state index is 12.3. The first kappa shape index (κ1) is 18.8. The lowest BCUT2D eigenvalue weighted by molar-refractivity contribution is -0.117. The molecule has 138 valence electrons. The number of benzene rings is 2. The minimum Gasteiger partial charge on any atom is -0.494 e. The minimum atomic E-state index is 0.0943. The predicted molar refractivity (Wildman–Crippen MR) is 107 cm³/mol. The second kappa shape index (κ2) is 9.09. The zero-order valence-corrected chi connectivity index (χ0v) is 16.0. The first-order valence-corrected chi connectivity index (χ1v) is 9.80. The van der Waals surface area contributed by atoms with Gasteiger partial charge in [-0.15, -0.1) is 0 Å². The number of carbonyl (C=O) groups is 1. The van der Waals surface area contributed by atoms with Crippen LogP contribution >= 0.6 is 11.6 Å². The van der Waals surface area contributed by atoms with Crippen LogP contribution in [0.1, 0.15) is 50.5 Å². The number of carbonyl (C=O) groups excluding carboxylic acids is 1. The maximum Gasteiger partial charge on any atom is 0.224 e. The number of rotatable bonds is 6. The molecular weight excluding hydrogens is 346 g/mol. The van der Waals surface area contributed by atoms with Crippen LogP contribution in [0.5, 0.6) is 5.75 Å². The zero-order chi connectivity index (χ0) is 18.4. The third-order valence-electron chi connectivity index (χ3n) is 5.11. The van der Waals surface area contributed by atoms with Crippen molar-refractivity contribution < 1.29 is 9.53 Å². The third-order valence-corrected chi connectivity index (χ3v) is 5.36. The number of halogens is 1. The highest BCUT2D eigenvalue weighted by Gasteiger charge is 2.24. The molecule has 2 aromatic carbocycles. The van der Waals surface area contributed by atoms with Crippen molar-refractivity contribution >= 4 is 23.2 Å². The van der Waals surface area contributed by atoms with Gasteiger partial charge in [0, 0.05) is 17.1 Å². The second-order valence-electron chi connectivity index (χ2n) is 6.98. The van der Waals surface area contributed by atoms with Crippen molar-refractivity contribution in [1.82, 2.24) is 0 Å². The Balaban J connectivity index is 1.45. The van der Waals surface area contributed by atoms with Gasteiger partial charge >= 0.3 is 0 Å². The summed E-state index contributed by atoms with van der Waals surface area (Å²) in [5.41, 5.74) is 2.19. The summed E-state index contributed by atoms with van der Waals surface area (Å²) in [7, 11) is 0. The fourth-order valence-electron chi connectivity index (χ4n) is 3.71. The summed E-state index contributed by atoms with van der Waals surface area (Å²) in [6.45, 7) is 2.70. The van der Waals surface area contributed by atoms with E-state index in [9.17, 15) is 4.79 Å². The average Bonchev–Trinajstić information content (AvgIpc) is 2.65. The number of ether oxygens (including phenoxy) is 1. The molecule has 1 amide bonds. The van der Waals surface area contributed by atoms with Crippen molar-refractivity contribution in [3.8, 4) is 5.75 Å². The van der Waals surface area contributed by atoms with Crippen LogP contribution in [0.15, 0.2) is 48.5 Å². The Kier molecular flexibility index (Phi) is 6.56. The van der Waals surface area contributed by atoms with E-state index in [0.717, 1.165) is 37.1 Å². The van der Waals surface area contributed by atoms with E-state index < -0.39 is 0 Å². The molecule has 0 atom stereocenters. The molecule has 26 heavy (non-hydrogen) atoms. The van der Waals surface area contributed by atoms with Crippen molar-refractivity contribution in [2.75, 3.05) is 11.9 Å². The molecule has 1 aliphatic rings. The summed E-state index contributed by atoms with van der Waals surface area (Å²) in [5.74, 6) is 2.10. The Morgan fingerprint density at radius 1 is 1.04 bits per heavy atom. The molecule has 3 nitrogen and oxygen atoms in total. The molecular formula is C22H26ClNO2. The van der Waals surface area contributed by atoms with Crippen molar-refractivity contribution in [2.45, 2.75) is 44.9 Å². The summed E-state index contributed by atoms with van der Waals surface area (Å²) in [5, 5.41) is 3.64. The van der Waals surface area contributed by atoms with Crippen molar-refractivity contribution in [3.63, 3.8) is 0 Å². The van der Waals surface area contributed by atoms with Gasteiger partial charge in [-0.2, -0.15) is 0 Å². The summed E-state index contributed by atoms with van der Waals surface area (Å²) in [4.78, 5) is 12.3. The van der Waals surface area contributed by atoms with E-state index in [1.165, 1.54) is 5.56 Å². The summed E-state index contributed by atoms with van der Waals surface area (Å²) < 4.78 is 5.51. The minimum absolute atomic E-state index is 0.0943. The molecule has 0 bridgehead atoms. The molecule has 0 saturated heterocycles. The van der Waals surface area contributed by atoms with Crippen LogP contribution in [-0.4, -0.2) is 12.5 Å². The highest BCUT2D eigenvalue weighted by molar-refractivity contribution is 6.30. The Morgan fingerprint density at radius 2 is 1.69 bits per heavy atom. The van der Waals surface area contributed by atoms with E-state index in [-0.39, 0.29) is 5.91 Å². The Bertz CT molecular complexity index is 704. The molecule has 0 unspecified atom stereocenters. The van der Waals surface area contributed by atoms with Crippen LogP contribution in [0.2, 0.25) is 5.02 Å². The van der Waals surface area contributed by atoms with Crippen LogP contribution in [0.4, 0.5) is 5.69 Å². The largest absolute Gasteiger partial charge is 0.494 e. The van der Waals surface area contributed by atoms with Gasteiger partial charge in [-0.05, 0) is 86.4 Å². The normalized spacial score (nSPS) is 19.8. The predicted octanol–water partition coefficient (Wildman–Crippen LogP) is 6.04. The van der Waals surface area contributed by atoms with Gasteiger partial charge in [0.1, 0.15) is 5.75 Å². The van der Waals surface area contributed by atoms with E-state index in [1.807, 2.05) is 19.1 Å². The van der Waals surface area contributed by atoms with E-state index in [0.29, 0.717) is 29.9 Å². The molecule has 0 heterocycles. The zero-order valence-electron chi connectivity index (χ0n) is 15.2. The summed E-state index contributed by atoms with van der Waals surface area (Å²) in [6.07, 6.45) is 5.09. The number of anilines is 1. The molecule has 1 aliphatic carbocycles. The van der Waals surface area contributed by atoms with Gasteiger partial charge in [-0.3, -0.25) is 4.79 Å². The lowest BCUT2D eigenvalue weighted by atomic mass is 9.77. The lowest BCUT2D eigenvalue weighted by Crippen LogP contribution is -2.20. The smallest absolute Gasteiger partial charge is 0.224 e. The fourth-order valence-corrected chi connectivity index (χ4v) is 3.84. The van der Waals surface area contributed by atoms with E-state index >= 15 is 0 Å². The van der Waals surface area contributed by atoms with Crippen molar-refractivity contribution in [2.24, 2.45) is 5.92 Å². The first-order valence-electron chi connectivity index (χ1n) is 9.42. The van der Waals surface area contributed by atoms with E-state index in [4.69, 9.17) is 16.3 Å². The molecule has 3 rings (SSSR count). The molecule has 1 saturated carbocycles. The van der Waals surface area contributed by atoms with Crippen LogP contribution in [0.25, 0.3) is 0 Å². The average molecular weight is 372 g/mol. The highest BCUT2D eigenvalue weighted by Crippen LogP contribution is 2.37. The van der Waals surface area contributed by atoms with Crippen LogP contribution < -0.4 is 10.1 Å². The van der Waals surface area contributed by atoms with Gasteiger partial charge < -0.3 is 10.1 Å². The molecule has 2 aromatic rings. The quantitative estimate of drug-likeness (QED) is 0.672. The molecule has 0 radical (unpaired) electrons. The van der Waals surface area contributed by atoms with Crippen LogP contribution in [0, 0.1) is 5.92 Å². The van der Waals surface area contributed by atoms with E-state index in [2.05, 4.69) is 29.6 Å². The molecule has 0 aromatic heterocycles. The Morgan fingerprint density at radius 3 is 2.31 bits per heavy atom. The van der Waals surface area contributed by atoms with Gasteiger partial charge in [0.2, 0.25) is 5.91 Å². The molecule has 1 N–H and O–H groups in total. The third kappa shape index (κ3) is 5.25. The van der Waals surface area contributed by atoms with E-state index in [1.54, 1.807) is 12.1 Å². The molecule has 1 fully saturated rings. The van der Waals surface area contributed by atoms with Gasteiger partial charge in [0.15, 0.2) is 0 Å². The molecule has 4 heteroatoms. The van der Waals surface area contributed by atoms with Gasteiger partial charge in [-0.1, -0.05) is 23.7 Å². The first-order chi connectivity index (χ1) is 12.6. The standard InChI is InChI=1S/C22H26ClNO2/c1-2-26-21-13-7-18(8-14-21)17-5-3-16(4-6-17)15-22(25)24-20-11-9-19(23)10-12-20/h7-14,16-17H,2-6,15H2,1H3,(H,24,25). The van der Waals surface area contributed by atoms with Crippen LogP contribution in [-0.2, 0) is 4.79 Å². The van der Waals surface area contributed by atoms with Crippen LogP contribution in [0.3, 0.4) is 0 Å². The maximum absolute atomic E-state index is 12.3. The fraction of sp³-hybridized carbons (Fsp3) is 0.409. The van der Waals surface area contributed by atoms with Crippen molar-refractivity contribution in [1.29, 1.82) is 0 Å². The number of amides is 1. The summed E-state index contributed by atoms with van der Waals surface area (Å²) in [6, 6.07) is 15.7. The second-order valence-corrected chi connectivity index (χ2v) is 7.42. The molecule has 0 spiro atoms. The molecule has 0 aliphatic heterocycles. The van der Waals surface area contributed by atoms with Gasteiger partial charge in [0.05, 0.1) is 6.61 Å².